The number of aromatic nitrogens is 1. The van der Waals surface area contributed by atoms with Gasteiger partial charge < -0.3 is 26.1 Å². The molecule has 0 aliphatic heterocycles. The van der Waals surface area contributed by atoms with Crippen molar-refractivity contribution >= 4 is 51.1 Å². The summed E-state index contributed by atoms with van der Waals surface area (Å²) in [6.07, 6.45) is -0.559. The summed E-state index contributed by atoms with van der Waals surface area (Å²) in [5.74, 6) is -0.921. The average molecular weight is 433 g/mol. The lowest BCUT2D eigenvalue weighted by molar-refractivity contribution is -0.128. The summed E-state index contributed by atoms with van der Waals surface area (Å²) < 4.78 is 5.99. The van der Waals surface area contributed by atoms with E-state index < -0.39 is 36.4 Å². The zero-order valence-electron chi connectivity index (χ0n) is 15.0. The molecule has 3 amide bonds. The SMILES string of the molecule is NC(=O)CC(=O)N[C@@H]1c2ccccc2C[C@H]1NC(=O)Oc1cc2cc(Cl)sc2[nH]1. The molecule has 1 aromatic carbocycles. The van der Waals surface area contributed by atoms with Gasteiger partial charge in [0.05, 0.1) is 16.4 Å². The molecule has 1 aliphatic carbocycles. The molecule has 0 unspecified atom stereocenters. The fourth-order valence-electron chi connectivity index (χ4n) is 3.49. The normalized spacial score (nSPS) is 17.7. The third kappa shape index (κ3) is 4.20. The molecule has 2 heterocycles. The first kappa shape index (κ1) is 19.3. The topological polar surface area (TPSA) is 126 Å². The molecule has 4 rings (SSSR count). The molecule has 2 atom stereocenters. The Morgan fingerprint density at radius 3 is 2.79 bits per heavy atom. The molecule has 150 valence electrons. The van der Waals surface area contributed by atoms with Crippen LogP contribution < -0.4 is 21.1 Å². The van der Waals surface area contributed by atoms with Gasteiger partial charge in [0.25, 0.3) is 0 Å². The Labute approximate surface area is 174 Å². The van der Waals surface area contributed by atoms with Crippen LogP contribution in [-0.4, -0.2) is 28.9 Å². The number of carbonyl (C=O) groups is 3. The van der Waals surface area contributed by atoms with E-state index in [0.717, 1.165) is 21.3 Å². The highest BCUT2D eigenvalue weighted by Gasteiger charge is 2.35. The Morgan fingerprint density at radius 1 is 1.24 bits per heavy atom. The quantitative estimate of drug-likeness (QED) is 0.462. The molecule has 2 aromatic heterocycles. The summed E-state index contributed by atoms with van der Waals surface area (Å²) >= 11 is 7.29. The first-order valence-electron chi connectivity index (χ1n) is 8.81. The van der Waals surface area contributed by atoms with Gasteiger partial charge in [0.2, 0.25) is 17.7 Å². The molecule has 0 radical (unpaired) electrons. The number of hydrogen-bond acceptors (Lipinski definition) is 5. The monoisotopic (exact) mass is 432 g/mol. The van der Waals surface area contributed by atoms with E-state index in [2.05, 4.69) is 15.6 Å². The van der Waals surface area contributed by atoms with E-state index in [1.165, 1.54) is 11.3 Å². The second kappa shape index (κ2) is 7.76. The molecule has 0 saturated carbocycles. The predicted molar refractivity (Wildman–Crippen MR) is 109 cm³/mol. The minimum atomic E-state index is -0.718. The van der Waals surface area contributed by atoms with Gasteiger partial charge in [-0.15, -0.1) is 11.3 Å². The molecule has 8 nitrogen and oxygen atoms in total. The van der Waals surface area contributed by atoms with Gasteiger partial charge in [-0.05, 0) is 23.6 Å². The van der Waals surface area contributed by atoms with Crippen molar-refractivity contribution in [3.8, 4) is 5.88 Å². The Bertz CT molecular complexity index is 1080. The minimum absolute atomic E-state index is 0.297. The number of fused-ring (bicyclic) bond motifs is 2. The van der Waals surface area contributed by atoms with Crippen LogP contribution in [0.4, 0.5) is 4.79 Å². The van der Waals surface area contributed by atoms with Gasteiger partial charge in [-0.2, -0.15) is 0 Å². The third-order valence-electron chi connectivity index (χ3n) is 4.64. The van der Waals surface area contributed by atoms with Crippen molar-refractivity contribution in [1.82, 2.24) is 15.6 Å². The number of benzene rings is 1. The largest absolute Gasteiger partial charge is 0.414 e. The van der Waals surface area contributed by atoms with Gasteiger partial charge in [0.1, 0.15) is 11.3 Å². The second-order valence-corrected chi connectivity index (χ2v) is 8.38. The smallest absolute Gasteiger partial charge is 0.393 e. The van der Waals surface area contributed by atoms with Crippen molar-refractivity contribution < 1.29 is 19.1 Å². The predicted octanol–water partition coefficient (Wildman–Crippen LogP) is 2.63. The number of primary amides is 1. The van der Waals surface area contributed by atoms with Crippen LogP contribution in [0.2, 0.25) is 4.34 Å². The zero-order chi connectivity index (χ0) is 20.5. The van der Waals surface area contributed by atoms with Crippen molar-refractivity contribution in [2.45, 2.75) is 24.9 Å². The van der Waals surface area contributed by atoms with Crippen molar-refractivity contribution in [2.75, 3.05) is 0 Å². The number of aromatic amines is 1. The number of amides is 3. The molecule has 3 aromatic rings. The van der Waals surface area contributed by atoms with Crippen molar-refractivity contribution in [2.24, 2.45) is 5.73 Å². The highest BCUT2D eigenvalue weighted by Crippen LogP contribution is 2.33. The molecule has 5 N–H and O–H groups in total. The maximum absolute atomic E-state index is 12.4. The van der Waals surface area contributed by atoms with Crippen LogP contribution in [0.1, 0.15) is 23.6 Å². The lowest BCUT2D eigenvalue weighted by Gasteiger charge is -2.22. The summed E-state index contributed by atoms with van der Waals surface area (Å²) in [7, 11) is 0. The van der Waals surface area contributed by atoms with E-state index in [-0.39, 0.29) is 0 Å². The summed E-state index contributed by atoms with van der Waals surface area (Å²) in [4.78, 5) is 39.3. The summed E-state index contributed by atoms with van der Waals surface area (Å²) in [5, 5.41) is 6.43. The van der Waals surface area contributed by atoms with Gasteiger partial charge in [-0.25, -0.2) is 4.79 Å². The van der Waals surface area contributed by atoms with E-state index in [1.54, 1.807) is 12.1 Å². The van der Waals surface area contributed by atoms with Gasteiger partial charge in [0, 0.05) is 11.5 Å². The fraction of sp³-hybridized carbons (Fsp3) is 0.211. The first-order valence-corrected chi connectivity index (χ1v) is 10.0. The minimum Gasteiger partial charge on any atom is -0.393 e. The van der Waals surface area contributed by atoms with E-state index in [1.807, 2.05) is 24.3 Å². The highest BCUT2D eigenvalue weighted by molar-refractivity contribution is 7.22. The molecular formula is C19H17ClN4O4S. The van der Waals surface area contributed by atoms with Crippen LogP contribution in [0.3, 0.4) is 0 Å². The standard InChI is InChI=1S/C19H17ClN4O4S/c20-13-6-10-7-16(24-18(10)29-13)28-19(27)22-12-5-9-3-1-2-4-11(9)17(12)23-15(26)8-14(21)25/h1-4,6-7,12,17,24H,5,8H2,(H2,21,25)(H,22,27)(H,23,26)/t12-,17-/m1/s1. The number of carbonyl (C=O) groups excluding carboxylic acids is 3. The number of nitrogens with one attached hydrogen (secondary N) is 3. The first-order chi connectivity index (χ1) is 13.9. The van der Waals surface area contributed by atoms with Crippen LogP contribution in [0.25, 0.3) is 10.2 Å². The molecule has 0 fully saturated rings. The van der Waals surface area contributed by atoms with Crippen molar-refractivity contribution in [3.05, 3.63) is 51.9 Å². The molecule has 0 saturated heterocycles. The Hall–Kier alpha value is -3.04. The van der Waals surface area contributed by atoms with E-state index in [4.69, 9.17) is 22.1 Å². The van der Waals surface area contributed by atoms with Crippen molar-refractivity contribution in [1.29, 1.82) is 0 Å². The van der Waals surface area contributed by atoms with E-state index >= 15 is 0 Å². The van der Waals surface area contributed by atoms with Gasteiger partial charge >= 0.3 is 6.09 Å². The third-order valence-corrected chi connectivity index (χ3v) is 5.84. The number of nitrogens with two attached hydrogens (primary N) is 1. The second-order valence-electron chi connectivity index (χ2n) is 6.70. The van der Waals surface area contributed by atoms with Crippen molar-refractivity contribution in [3.63, 3.8) is 0 Å². The van der Waals surface area contributed by atoms with E-state index in [9.17, 15) is 14.4 Å². The molecule has 1 aliphatic rings. The molecular weight excluding hydrogens is 416 g/mol. The number of H-pyrrole nitrogens is 1. The zero-order valence-corrected chi connectivity index (χ0v) is 16.6. The Kier molecular flexibility index (Phi) is 5.16. The number of ether oxygens (including phenoxy) is 1. The lowest BCUT2D eigenvalue weighted by atomic mass is 10.1. The number of thiophene rings is 1. The van der Waals surface area contributed by atoms with Gasteiger partial charge in [0.15, 0.2) is 0 Å². The number of hydrogen-bond donors (Lipinski definition) is 4. The Balaban J connectivity index is 1.46. The van der Waals surface area contributed by atoms with E-state index in [0.29, 0.717) is 16.6 Å². The average Bonchev–Trinajstić information content (AvgIpc) is 3.25. The molecule has 29 heavy (non-hydrogen) atoms. The highest BCUT2D eigenvalue weighted by atomic mass is 35.5. The maximum Gasteiger partial charge on any atom is 0.414 e. The van der Waals surface area contributed by atoms with Crippen LogP contribution in [0.15, 0.2) is 36.4 Å². The summed E-state index contributed by atoms with van der Waals surface area (Å²) in [5.41, 5.74) is 6.97. The van der Waals surface area contributed by atoms with Crippen LogP contribution in [0.5, 0.6) is 5.88 Å². The van der Waals surface area contributed by atoms with Crippen LogP contribution in [-0.2, 0) is 16.0 Å². The van der Waals surface area contributed by atoms with Gasteiger partial charge in [-0.1, -0.05) is 35.9 Å². The van der Waals surface area contributed by atoms with Gasteiger partial charge in [-0.3, -0.25) is 9.59 Å². The maximum atomic E-state index is 12.4. The molecule has 10 heteroatoms. The summed E-state index contributed by atoms with van der Waals surface area (Å²) in [6.45, 7) is 0. The Morgan fingerprint density at radius 2 is 2.03 bits per heavy atom. The van der Waals surface area contributed by atoms with Crippen LogP contribution in [0, 0.1) is 0 Å². The fourth-order valence-corrected chi connectivity index (χ4v) is 4.61. The summed E-state index contributed by atoms with van der Waals surface area (Å²) in [6, 6.07) is 10.1. The van der Waals surface area contributed by atoms with Crippen LogP contribution >= 0.6 is 22.9 Å². The molecule has 0 spiro atoms. The number of halogens is 1. The lowest BCUT2D eigenvalue weighted by Crippen LogP contribution is -2.45. The number of rotatable bonds is 5. The molecule has 0 bridgehead atoms.